The van der Waals surface area contributed by atoms with Crippen LogP contribution in [0.4, 0.5) is 0 Å². The molecule has 1 fully saturated rings. The summed E-state index contributed by atoms with van der Waals surface area (Å²) in [6.07, 6.45) is 2.85. The van der Waals surface area contributed by atoms with Gasteiger partial charge in [-0.05, 0) is 35.9 Å². The summed E-state index contributed by atoms with van der Waals surface area (Å²) >= 11 is 6.29. The number of piperidine rings is 1. The summed E-state index contributed by atoms with van der Waals surface area (Å²) in [5, 5.41) is 9.97. The first-order chi connectivity index (χ1) is 12.6. The zero-order valence-electron chi connectivity index (χ0n) is 14.3. The van der Waals surface area contributed by atoms with Gasteiger partial charge in [-0.1, -0.05) is 36.4 Å². The summed E-state index contributed by atoms with van der Waals surface area (Å²) < 4.78 is 6.10. The van der Waals surface area contributed by atoms with E-state index in [-0.39, 0.29) is 12.0 Å². The molecule has 26 heavy (non-hydrogen) atoms. The fourth-order valence-corrected chi connectivity index (χ4v) is 3.34. The Kier molecular flexibility index (Phi) is 5.60. The van der Waals surface area contributed by atoms with E-state index in [0.29, 0.717) is 29.4 Å². The summed E-state index contributed by atoms with van der Waals surface area (Å²) in [4.78, 5) is 13.4. The molecule has 1 heterocycles. The second-order valence-corrected chi connectivity index (χ2v) is 6.59. The maximum Gasteiger partial charge on any atom is 0.245 e. The Morgan fingerprint density at radius 1 is 1.27 bits per heavy atom. The average molecular weight is 367 g/mol. The number of benzene rings is 2. The van der Waals surface area contributed by atoms with E-state index in [1.807, 2.05) is 30.3 Å². The predicted molar refractivity (Wildman–Crippen MR) is 102 cm³/mol. The predicted octanol–water partition coefficient (Wildman–Crippen LogP) is 4.43. The fraction of sp³-hybridized carbons (Fsp3) is 0.238. The van der Waals surface area contributed by atoms with Crippen LogP contribution in [0.2, 0.25) is 5.02 Å². The Hall–Kier alpha value is -2.77. The monoisotopic (exact) mass is 366 g/mol. The highest BCUT2D eigenvalue weighted by Crippen LogP contribution is 2.32. The SMILES string of the molecule is C=CC(=O)N1CCC(Oc2cc(C#N)cc(-c3ccccc3Cl)c2)CC1. The molecule has 0 spiro atoms. The standard InChI is InChI=1S/C21H19ClN2O2/c1-2-21(25)24-9-7-17(8-10-24)26-18-12-15(14-23)11-16(13-18)19-5-3-4-6-20(19)22/h2-6,11-13,17H,1,7-10H2. The molecule has 0 radical (unpaired) electrons. The van der Waals surface area contributed by atoms with E-state index in [1.54, 1.807) is 17.0 Å². The maximum absolute atomic E-state index is 11.7. The van der Waals surface area contributed by atoms with Gasteiger partial charge in [0.05, 0.1) is 11.6 Å². The lowest BCUT2D eigenvalue weighted by atomic mass is 10.0. The molecular formula is C21H19ClN2O2. The summed E-state index contributed by atoms with van der Waals surface area (Å²) in [6, 6.07) is 15.1. The molecule has 0 aliphatic carbocycles. The van der Waals surface area contributed by atoms with Crippen molar-refractivity contribution >= 4 is 17.5 Å². The molecule has 0 bridgehead atoms. The van der Waals surface area contributed by atoms with E-state index in [2.05, 4.69) is 12.6 Å². The Balaban J connectivity index is 1.78. The number of hydrogen-bond donors (Lipinski definition) is 0. The van der Waals surface area contributed by atoms with E-state index in [4.69, 9.17) is 16.3 Å². The molecular weight excluding hydrogens is 348 g/mol. The number of nitriles is 1. The quantitative estimate of drug-likeness (QED) is 0.752. The molecule has 4 nitrogen and oxygen atoms in total. The number of likely N-dealkylation sites (tertiary alicyclic amines) is 1. The van der Waals surface area contributed by atoms with Crippen LogP contribution in [-0.2, 0) is 4.79 Å². The van der Waals surface area contributed by atoms with Crippen molar-refractivity contribution in [2.75, 3.05) is 13.1 Å². The Labute approximate surface area is 158 Å². The van der Waals surface area contributed by atoms with Gasteiger partial charge in [0.15, 0.2) is 0 Å². The van der Waals surface area contributed by atoms with Crippen molar-refractivity contribution in [1.82, 2.24) is 4.90 Å². The van der Waals surface area contributed by atoms with Crippen molar-refractivity contribution in [3.63, 3.8) is 0 Å². The number of hydrogen-bond acceptors (Lipinski definition) is 3. The van der Waals surface area contributed by atoms with Crippen molar-refractivity contribution in [2.45, 2.75) is 18.9 Å². The third-order valence-corrected chi connectivity index (χ3v) is 4.78. The molecule has 0 saturated carbocycles. The van der Waals surface area contributed by atoms with Gasteiger partial charge in [0.25, 0.3) is 0 Å². The first kappa shape index (κ1) is 18.0. The molecule has 3 rings (SSSR count). The highest BCUT2D eigenvalue weighted by atomic mass is 35.5. The first-order valence-corrected chi connectivity index (χ1v) is 8.86. The smallest absolute Gasteiger partial charge is 0.245 e. The second-order valence-electron chi connectivity index (χ2n) is 6.18. The normalized spacial score (nSPS) is 14.5. The third kappa shape index (κ3) is 4.07. The zero-order chi connectivity index (χ0) is 18.5. The van der Waals surface area contributed by atoms with Crippen LogP contribution in [-0.4, -0.2) is 30.0 Å². The molecule has 1 aliphatic rings. The molecule has 0 aromatic heterocycles. The minimum Gasteiger partial charge on any atom is -0.490 e. The second kappa shape index (κ2) is 8.07. The van der Waals surface area contributed by atoms with E-state index in [1.165, 1.54) is 6.08 Å². The third-order valence-electron chi connectivity index (χ3n) is 4.45. The molecule has 1 amide bonds. The molecule has 1 saturated heterocycles. The van der Waals surface area contributed by atoms with Crippen molar-refractivity contribution in [1.29, 1.82) is 5.26 Å². The summed E-state index contributed by atoms with van der Waals surface area (Å²) in [5.41, 5.74) is 2.24. The number of amides is 1. The number of halogens is 1. The highest BCUT2D eigenvalue weighted by molar-refractivity contribution is 6.33. The van der Waals surface area contributed by atoms with Crippen LogP contribution in [0.15, 0.2) is 55.1 Å². The van der Waals surface area contributed by atoms with E-state index in [0.717, 1.165) is 24.0 Å². The first-order valence-electron chi connectivity index (χ1n) is 8.49. The van der Waals surface area contributed by atoms with Crippen LogP contribution < -0.4 is 4.74 Å². The van der Waals surface area contributed by atoms with Crippen molar-refractivity contribution < 1.29 is 9.53 Å². The van der Waals surface area contributed by atoms with Crippen LogP contribution in [0, 0.1) is 11.3 Å². The van der Waals surface area contributed by atoms with Crippen LogP contribution >= 0.6 is 11.6 Å². The topological polar surface area (TPSA) is 53.3 Å². The summed E-state index contributed by atoms with van der Waals surface area (Å²) in [7, 11) is 0. The van der Waals surface area contributed by atoms with E-state index >= 15 is 0 Å². The molecule has 0 N–H and O–H groups in total. The lowest BCUT2D eigenvalue weighted by molar-refractivity contribution is -0.127. The van der Waals surface area contributed by atoms with E-state index in [9.17, 15) is 10.1 Å². The molecule has 132 valence electrons. The molecule has 2 aromatic rings. The summed E-state index contributed by atoms with van der Waals surface area (Å²) in [5.74, 6) is 0.600. The van der Waals surface area contributed by atoms with Gasteiger partial charge >= 0.3 is 0 Å². The molecule has 0 unspecified atom stereocenters. The minimum absolute atomic E-state index is 0.0110. The van der Waals surface area contributed by atoms with Crippen molar-refractivity contribution in [3.05, 3.63) is 65.7 Å². The summed E-state index contributed by atoms with van der Waals surface area (Å²) in [6.45, 7) is 4.81. The zero-order valence-corrected chi connectivity index (χ0v) is 15.1. The van der Waals surface area contributed by atoms with Crippen LogP contribution in [0.5, 0.6) is 5.75 Å². The van der Waals surface area contributed by atoms with Gasteiger partial charge in [0, 0.05) is 36.5 Å². The van der Waals surface area contributed by atoms with Gasteiger partial charge < -0.3 is 9.64 Å². The minimum atomic E-state index is -0.0454. The van der Waals surface area contributed by atoms with Gasteiger partial charge in [-0.15, -0.1) is 0 Å². The largest absolute Gasteiger partial charge is 0.490 e. The van der Waals surface area contributed by atoms with Gasteiger partial charge in [-0.25, -0.2) is 0 Å². The molecule has 1 aliphatic heterocycles. The van der Waals surface area contributed by atoms with Gasteiger partial charge in [-0.2, -0.15) is 5.26 Å². The maximum atomic E-state index is 11.7. The van der Waals surface area contributed by atoms with Crippen LogP contribution in [0.1, 0.15) is 18.4 Å². The molecule has 2 aromatic carbocycles. The molecule has 5 heteroatoms. The average Bonchev–Trinajstić information content (AvgIpc) is 2.68. The number of carbonyl (C=O) groups is 1. The lowest BCUT2D eigenvalue weighted by Gasteiger charge is -2.31. The van der Waals surface area contributed by atoms with Crippen molar-refractivity contribution in [3.8, 4) is 22.9 Å². The van der Waals surface area contributed by atoms with Gasteiger partial charge in [0.1, 0.15) is 11.9 Å². The van der Waals surface area contributed by atoms with Crippen LogP contribution in [0.3, 0.4) is 0 Å². The van der Waals surface area contributed by atoms with Gasteiger partial charge in [-0.3, -0.25) is 4.79 Å². The fourth-order valence-electron chi connectivity index (χ4n) is 3.10. The number of rotatable bonds is 4. The number of nitrogens with zero attached hydrogens (tertiary/aromatic N) is 2. The van der Waals surface area contributed by atoms with Gasteiger partial charge in [0.2, 0.25) is 5.91 Å². The van der Waals surface area contributed by atoms with Crippen molar-refractivity contribution in [2.24, 2.45) is 0 Å². The molecule has 0 atom stereocenters. The highest BCUT2D eigenvalue weighted by Gasteiger charge is 2.23. The Bertz CT molecular complexity index is 865. The van der Waals surface area contributed by atoms with E-state index < -0.39 is 0 Å². The van der Waals surface area contributed by atoms with Crippen LogP contribution in [0.25, 0.3) is 11.1 Å². The number of ether oxygens (including phenoxy) is 1. The Morgan fingerprint density at radius 3 is 2.65 bits per heavy atom. The number of carbonyl (C=O) groups excluding carboxylic acids is 1. The lowest BCUT2D eigenvalue weighted by Crippen LogP contribution is -2.41. The Morgan fingerprint density at radius 2 is 2.00 bits per heavy atom.